The molecule has 0 spiro atoms. The Kier molecular flexibility index (Phi) is 11.2. The molecule has 0 bridgehead atoms. The van der Waals surface area contributed by atoms with Crippen molar-refractivity contribution >= 4 is 23.8 Å². The Bertz CT molecular complexity index is 1430. The summed E-state index contributed by atoms with van der Waals surface area (Å²) < 4.78 is 21.6. The van der Waals surface area contributed by atoms with Crippen molar-refractivity contribution in [2.75, 3.05) is 19.8 Å². The summed E-state index contributed by atoms with van der Waals surface area (Å²) in [4.78, 5) is 48.2. The van der Waals surface area contributed by atoms with E-state index in [2.05, 4.69) is 6.58 Å². The highest BCUT2D eigenvalue weighted by Gasteiger charge is 2.22. The van der Waals surface area contributed by atoms with Crippen LogP contribution in [-0.4, -0.2) is 48.4 Å². The topological polar surface area (TPSA) is 108 Å². The predicted molar refractivity (Wildman–Crippen MR) is 160 cm³/mol. The van der Waals surface area contributed by atoms with Crippen LogP contribution in [0.2, 0.25) is 0 Å². The molecule has 43 heavy (non-hydrogen) atoms. The zero-order valence-corrected chi connectivity index (χ0v) is 23.7. The Balaban J connectivity index is 1.17. The summed E-state index contributed by atoms with van der Waals surface area (Å²) in [6.07, 6.45) is 6.98. The standard InChI is InChI=1S/C34H33NO8/c1-2-40-33(38)7-4-3-5-23-41-28-14-12-26(13-15-28)25-8-10-27(11-9-25)34(39)43-30-18-16-29(17-19-30)42-24-6-22-35-31(36)20-21-32(35)37/h2,8-21H,1,3-7,22-24H2. The second kappa shape index (κ2) is 15.7. The van der Waals surface area contributed by atoms with Gasteiger partial charge < -0.3 is 18.9 Å². The molecule has 0 N–H and O–H groups in total. The van der Waals surface area contributed by atoms with Gasteiger partial charge in [-0.25, -0.2) is 4.79 Å². The van der Waals surface area contributed by atoms with E-state index in [0.29, 0.717) is 49.7 Å². The lowest BCUT2D eigenvalue weighted by Gasteiger charge is -2.13. The molecular weight excluding hydrogens is 550 g/mol. The van der Waals surface area contributed by atoms with Crippen LogP contribution in [0.25, 0.3) is 11.1 Å². The van der Waals surface area contributed by atoms with E-state index in [1.165, 1.54) is 17.1 Å². The maximum atomic E-state index is 12.6. The van der Waals surface area contributed by atoms with Gasteiger partial charge in [0.25, 0.3) is 11.8 Å². The summed E-state index contributed by atoms with van der Waals surface area (Å²) in [7, 11) is 0. The molecule has 0 atom stereocenters. The molecular formula is C34H33NO8. The number of benzene rings is 3. The van der Waals surface area contributed by atoms with E-state index in [9.17, 15) is 19.2 Å². The highest BCUT2D eigenvalue weighted by Crippen LogP contribution is 2.24. The van der Waals surface area contributed by atoms with Gasteiger partial charge in [-0.1, -0.05) is 30.8 Å². The molecule has 9 nitrogen and oxygen atoms in total. The Labute approximate surface area is 250 Å². The highest BCUT2D eigenvalue weighted by molar-refractivity contribution is 6.12. The molecule has 2 amide bonds. The largest absolute Gasteiger partial charge is 0.494 e. The van der Waals surface area contributed by atoms with Gasteiger partial charge in [-0.05, 0) is 85.3 Å². The van der Waals surface area contributed by atoms with Crippen LogP contribution in [0.15, 0.2) is 97.8 Å². The van der Waals surface area contributed by atoms with Gasteiger partial charge in [0, 0.05) is 25.1 Å². The second-order valence-electron chi connectivity index (χ2n) is 9.64. The maximum Gasteiger partial charge on any atom is 0.343 e. The number of rotatable bonds is 16. The van der Waals surface area contributed by atoms with Gasteiger partial charge in [0.15, 0.2) is 0 Å². The summed E-state index contributed by atoms with van der Waals surface area (Å²) in [5, 5.41) is 0. The van der Waals surface area contributed by atoms with Crippen molar-refractivity contribution in [3.63, 3.8) is 0 Å². The summed E-state index contributed by atoms with van der Waals surface area (Å²) >= 11 is 0. The smallest absolute Gasteiger partial charge is 0.343 e. The third-order valence-electron chi connectivity index (χ3n) is 6.55. The fraction of sp³-hybridized carbons (Fsp3) is 0.235. The quantitative estimate of drug-likeness (QED) is 0.0675. The van der Waals surface area contributed by atoms with Gasteiger partial charge in [-0.15, -0.1) is 0 Å². The van der Waals surface area contributed by atoms with Crippen LogP contribution in [-0.2, 0) is 19.1 Å². The van der Waals surface area contributed by atoms with Gasteiger partial charge in [0.1, 0.15) is 17.2 Å². The van der Waals surface area contributed by atoms with E-state index < -0.39 is 5.97 Å². The van der Waals surface area contributed by atoms with Crippen molar-refractivity contribution < 1.29 is 38.1 Å². The molecule has 0 saturated carbocycles. The van der Waals surface area contributed by atoms with Gasteiger partial charge >= 0.3 is 11.9 Å². The second-order valence-corrected chi connectivity index (χ2v) is 9.64. The minimum atomic E-state index is -0.477. The Morgan fingerprint density at radius 3 is 1.81 bits per heavy atom. The number of unbranched alkanes of at least 4 members (excludes halogenated alkanes) is 2. The average molecular weight is 584 g/mol. The average Bonchev–Trinajstić information content (AvgIpc) is 3.34. The lowest BCUT2D eigenvalue weighted by molar-refractivity contribution is -0.138. The zero-order valence-electron chi connectivity index (χ0n) is 23.7. The van der Waals surface area contributed by atoms with Gasteiger partial charge in [0.2, 0.25) is 0 Å². The molecule has 0 fully saturated rings. The summed E-state index contributed by atoms with van der Waals surface area (Å²) in [6.45, 7) is 4.55. The number of carbonyl (C=O) groups excluding carboxylic acids is 4. The fourth-order valence-corrected chi connectivity index (χ4v) is 4.27. The van der Waals surface area contributed by atoms with Crippen LogP contribution < -0.4 is 14.2 Å². The van der Waals surface area contributed by atoms with Crippen LogP contribution in [0.5, 0.6) is 17.2 Å². The molecule has 0 aliphatic carbocycles. The van der Waals surface area contributed by atoms with E-state index in [0.717, 1.165) is 42.4 Å². The number of esters is 2. The lowest BCUT2D eigenvalue weighted by Crippen LogP contribution is -2.31. The van der Waals surface area contributed by atoms with Crippen molar-refractivity contribution in [3.05, 3.63) is 103 Å². The number of nitrogens with zero attached hydrogens (tertiary/aromatic N) is 1. The van der Waals surface area contributed by atoms with Crippen molar-refractivity contribution in [2.45, 2.75) is 32.1 Å². The zero-order chi connectivity index (χ0) is 30.4. The van der Waals surface area contributed by atoms with Crippen molar-refractivity contribution in [3.8, 4) is 28.4 Å². The van der Waals surface area contributed by atoms with Crippen LogP contribution in [0.4, 0.5) is 0 Å². The molecule has 3 aromatic rings. The number of hydrogen-bond acceptors (Lipinski definition) is 8. The Morgan fingerprint density at radius 1 is 0.674 bits per heavy atom. The molecule has 9 heteroatoms. The molecule has 222 valence electrons. The van der Waals surface area contributed by atoms with E-state index in [-0.39, 0.29) is 17.8 Å². The molecule has 0 aromatic heterocycles. The van der Waals surface area contributed by atoms with E-state index in [4.69, 9.17) is 18.9 Å². The molecule has 3 aromatic carbocycles. The van der Waals surface area contributed by atoms with E-state index in [1.54, 1.807) is 36.4 Å². The SMILES string of the molecule is C=COC(=O)CCCCCOc1ccc(-c2ccc(C(=O)Oc3ccc(OCCCN4C(=O)C=CC4=O)cc3)cc2)cc1. The molecule has 4 rings (SSSR count). The fourth-order valence-electron chi connectivity index (χ4n) is 4.27. The summed E-state index contributed by atoms with van der Waals surface area (Å²) in [5.41, 5.74) is 2.35. The molecule has 0 radical (unpaired) electrons. The number of amides is 2. The van der Waals surface area contributed by atoms with E-state index in [1.807, 2.05) is 36.4 Å². The number of ether oxygens (including phenoxy) is 4. The summed E-state index contributed by atoms with van der Waals surface area (Å²) in [6, 6.07) is 21.5. The molecule has 0 saturated heterocycles. The van der Waals surface area contributed by atoms with Crippen LogP contribution in [0, 0.1) is 0 Å². The van der Waals surface area contributed by atoms with Crippen molar-refractivity contribution in [1.29, 1.82) is 0 Å². The van der Waals surface area contributed by atoms with Crippen LogP contribution in [0.3, 0.4) is 0 Å². The lowest BCUT2D eigenvalue weighted by atomic mass is 10.0. The first-order chi connectivity index (χ1) is 20.9. The van der Waals surface area contributed by atoms with Gasteiger partial charge in [0.05, 0.1) is 25.0 Å². The summed E-state index contributed by atoms with van der Waals surface area (Å²) in [5.74, 6) is 0.365. The first-order valence-electron chi connectivity index (χ1n) is 14.1. The first-order valence-corrected chi connectivity index (χ1v) is 14.1. The predicted octanol–water partition coefficient (Wildman–Crippen LogP) is 5.89. The number of imide groups is 1. The third kappa shape index (κ3) is 9.43. The number of hydrogen-bond donors (Lipinski definition) is 0. The maximum absolute atomic E-state index is 12.6. The van der Waals surface area contributed by atoms with Crippen LogP contribution >= 0.6 is 0 Å². The monoisotopic (exact) mass is 583 g/mol. The Morgan fingerprint density at radius 2 is 1.21 bits per heavy atom. The van der Waals surface area contributed by atoms with Crippen LogP contribution in [0.1, 0.15) is 42.5 Å². The van der Waals surface area contributed by atoms with Crippen molar-refractivity contribution in [2.24, 2.45) is 0 Å². The van der Waals surface area contributed by atoms with Gasteiger partial charge in [-0.3, -0.25) is 19.3 Å². The molecule has 1 heterocycles. The Hall–Kier alpha value is -5.18. The van der Waals surface area contributed by atoms with Crippen molar-refractivity contribution in [1.82, 2.24) is 4.90 Å². The third-order valence-corrected chi connectivity index (χ3v) is 6.55. The molecule has 1 aliphatic rings. The van der Waals surface area contributed by atoms with E-state index >= 15 is 0 Å². The molecule has 0 unspecified atom stereocenters. The molecule has 1 aliphatic heterocycles. The minimum Gasteiger partial charge on any atom is -0.494 e. The minimum absolute atomic E-state index is 0.269. The first kappa shape index (κ1) is 30.8. The highest BCUT2D eigenvalue weighted by atomic mass is 16.5. The number of carbonyl (C=O) groups is 4. The normalized spacial score (nSPS) is 12.2. The van der Waals surface area contributed by atoms with Gasteiger partial charge in [-0.2, -0.15) is 0 Å².